The van der Waals surface area contributed by atoms with Gasteiger partial charge in [0.1, 0.15) is 17.5 Å². The van der Waals surface area contributed by atoms with Crippen LogP contribution in [0.1, 0.15) is 32.8 Å². The predicted molar refractivity (Wildman–Crippen MR) is 143 cm³/mol. The standard InChI is InChI=1S/C23H26BrClN8O5/c1-22(2,3)38-21(37)31-23(19(26)34)4-5-32(9-23)15-7-12(25)6-14(24)13(15)8-33-11-29-16-17(30-20(35)36)27-10-28-18(16)33/h6-7,10-11H,4-5,8-9H2,1-3H3,(H2,26,34)(H,31,37)(H,35,36)(H,27,28,30)/t23-/m1/s1. The van der Waals surface area contributed by atoms with Gasteiger partial charge in [-0.1, -0.05) is 27.5 Å². The van der Waals surface area contributed by atoms with Gasteiger partial charge in [0, 0.05) is 27.3 Å². The number of nitrogens with one attached hydrogen (secondary N) is 2. The van der Waals surface area contributed by atoms with Gasteiger partial charge in [-0.05, 0) is 39.3 Å². The van der Waals surface area contributed by atoms with Crippen molar-refractivity contribution in [3.63, 3.8) is 0 Å². The number of imidazole rings is 1. The molecule has 0 saturated carbocycles. The first kappa shape index (κ1) is 27.4. The van der Waals surface area contributed by atoms with E-state index in [2.05, 4.69) is 41.5 Å². The van der Waals surface area contributed by atoms with Crippen LogP contribution in [0.5, 0.6) is 0 Å². The van der Waals surface area contributed by atoms with Crippen molar-refractivity contribution in [2.24, 2.45) is 5.73 Å². The highest BCUT2D eigenvalue weighted by Gasteiger charge is 2.46. The number of ether oxygens (including phenoxy) is 1. The summed E-state index contributed by atoms with van der Waals surface area (Å²) in [6.45, 7) is 5.95. The first-order chi connectivity index (χ1) is 17.8. The highest BCUT2D eigenvalue weighted by molar-refractivity contribution is 9.10. The Hall–Kier alpha value is -3.65. The summed E-state index contributed by atoms with van der Waals surface area (Å²) in [5.74, 6) is -0.611. The largest absolute Gasteiger partial charge is 0.465 e. The van der Waals surface area contributed by atoms with Crippen LogP contribution in [0.4, 0.5) is 21.1 Å². The van der Waals surface area contributed by atoms with E-state index in [0.717, 1.165) is 5.56 Å². The molecule has 2 aromatic heterocycles. The van der Waals surface area contributed by atoms with Crippen molar-refractivity contribution in [3.8, 4) is 0 Å². The van der Waals surface area contributed by atoms with Gasteiger partial charge in [-0.2, -0.15) is 0 Å². The van der Waals surface area contributed by atoms with Gasteiger partial charge in [0.25, 0.3) is 0 Å². The average molecular weight is 610 g/mol. The van der Waals surface area contributed by atoms with E-state index in [0.29, 0.717) is 27.4 Å². The van der Waals surface area contributed by atoms with Crippen molar-refractivity contribution in [2.45, 2.75) is 44.9 Å². The normalized spacial score (nSPS) is 17.4. The molecule has 1 saturated heterocycles. The molecule has 0 bridgehead atoms. The summed E-state index contributed by atoms with van der Waals surface area (Å²) in [6, 6.07) is 3.50. The molecule has 15 heteroatoms. The molecule has 0 unspecified atom stereocenters. The molecule has 1 aromatic carbocycles. The Labute approximate surface area is 230 Å². The zero-order valence-electron chi connectivity index (χ0n) is 20.8. The second-order valence-corrected chi connectivity index (χ2v) is 11.1. The number of nitrogens with zero attached hydrogens (tertiary/aromatic N) is 5. The summed E-state index contributed by atoms with van der Waals surface area (Å²) >= 11 is 9.98. The molecule has 4 rings (SSSR count). The van der Waals surface area contributed by atoms with Crippen LogP contribution < -0.4 is 21.3 Å². The van der Waals surface area contributed by atoms with Gasteiger partial charge in [0.15, 0.2) is 17.0 Å². The second-order valence-electron chi connectivity index (χ2n) is 9.83. The van der Waals surface area contributed by atoms with E-state index in [-0.39, 0.29) is 30.8 Å². The van der Waals surface area contributed by atoms with Crippen molar-refractivity contribution >= 4 is 68.3 Å². The molecule has 0 radical (unpaired) electrons. The van der Waals surface area contributed by atoms with E-state index >= 15 is 0 Å². The van der Waals surface area contributed by atoms with Crippen molar-refractivity contribution in [1.82, 2.24) is 24.8 Å². The molecule has 0 aliphatic carbocycles. The Balaban J connectivity index is 1.67. The third-order valence-corrected chi connectivity index (χ3v) is 6.84. The third kappa shape index (κ3) is 5.75. The molecule has 1 atom stereocenters. The molecule has 3 amide bonds. The molecule has 13 nitrogen and oxygen atoms in total. The fraction of sp³-hybridized carbons (Fsp3) is 0.391. The first-order valence-electron chi connectivity index (χ1n) is 11.5. The fourth-order valence-electron chi connectivity index (χ4n) is 4.27. The number of carbonyl (C=O) groups is 3. The number of benzene rings is 1. The smallest absolute Gasteiger partial charge is 0.410 e. The van der Waals surface area contributed by atoms with Crippen LogP contribution in [0.2, 0.25) is 5.02 Å². The van der Waals surface area contributed by atoms with E-state index in [1.54, 1.807) is 37.5 Å². The lowest BCUT2D eigenvalue weighted by molar-refractivity contribution is -0.123. The fourth-order valence-corrected chi connectivity index (χ4v) is 5.19. The summed E-state index contributed by atoms with van der Waals surface area (Å²) in [4.78, 5) is 50.6. The number of alkyl carbamates (subject to hydrolysis) is 1. The molecule has 5 N–H and O–H groups in total. The molecule has 38 heavy (non-hydrogen) atoms. The molecule has 202 valence electrons. The number of amides is 3. The first-order valence-corrected chi connectivity index (χ1v) is 12.6. The van der Waals surface area contributed by atoms with Crippen LogP contribution in [-0.4, -0.2) is 66.9 Å². The van der Waals surface area contributed by atoms with Gasteiger partial charge in [0.05, 0.1) is 19.4 Å². The van der Waals surface area contributed by atoms with Gasteiger partial charge in [-0.25, -0.2) is 24.5 Å². The number of aromatic nitrogens is 4. The summed E-state index contributed by atoms with van der Waals surface area (Å²) in [6.07, 6.45) is 1.03. The maximum absolute atomic E-state index is 12.5. The number of carbonyl (C=O) groups excluding carboxylic acids is 2. The number of hydrogen-bond donors (Lipinski definition) is 4. The number of nitrogens with two attached hydrogens (primary N) is 1. The van der Waals surface area contributed by atoms with Crippen LogP contribution in [-0.2, 0) is 16.1 Å². The van der Waals surface area contributed by atoms with Crippen LogP contribution in [0.25, 0.3) is 11.2 Å². The van der Waals surface area contributed by atoms with Gasteiger partial charge in [-0.3, -0.25) is 10.1 Å². The van der Waals surface area contributed by atoms with E-state index in [1.807, 2.05) is 4.90 Å². The number of anilines is 2. The Bertz CT molecular complexity index is 1420. The van der Waals surface area contributed by atoms with Crippen molar-refractivity contribution in [2.75, 3.05) is 23.3 Å². The van der Waals surface area contributed by atoms with E-state index < -0.39 is 29.2 Å². The molecular formula is C23H26BrClN8O5. The molecule has 1 fully saturated rings. The Morgan fingerprint density at radius 3 is 2.66 bits per heavy atom. The minimum atomic E-state index is -1.35. The van der Waals surface area contributed by atoms with Crippen molar-refractivity contribution < 1.29 is 24.2 Å². The molecular weight excluding hydrogens is 584 g/mol. The van der Waals surface area contributed by atoms with E-state index in [1.165, 1.54) is 12.7 Å². The zero-order chi connectivity index (χ0) is 27.8. The zero-order valence-corrected chi connectivity index (χ0v) is 23.1. The molecule has 0 spiro atoms. The molecule has 3 aromatic rings. The average Bonchev–Trinajstić information content (AvgIpc) is 3.40. The highest BCUT2D eigenvalue weighted by atomic mass is 79.9. The Morgan fingerprint density at radius 2 is 2.00 bits per heavy atom. The summed E-state index contributed by atoms with van der Waals surface area (Å²) < 4.78 is 7.78. The van der Waals surface area contributed by atoms with Gasteiger partial charge >= 0.3 is 12.2 Å². The van der Waals surface area contributed by atoms with Crippen LogP contribution in [0.15, 0.2) is 29.3 Å². The summed E-state index contributed by atoms with van der Waals surface area (Å²) in [5.41, 5.74) is 5.86. The number of carboxylic acid groups (broad SMARTS) is 1. The number of hydrogen-bond acceptors (Lipinski definition) is 8. The minimum Gasteiger partial charge on any atom is -0.465 e. The topological polar surface area (TPSA) is 178 Å². The summed E-state index contributed by atoms with van der Waals surface area (Å²) in [5, 5.41) is 14.4. The summed E-state index contributed by atoms with van der Waals surface area (Å²) in [7, 11) is 0. The minimum absolute atomic E-state index is 0.0654. The lowest BCUT2D eigenvalue weighted by Crippen LogP contribution is -2.59. The molecule has 1 aliphatic heterocycles. The number of fused-ring (bicyclic) bond motifs is 1. The second kappa shape index (κ2) is 10.3. The third-order valence-electron chi connectivity index (χ3n) is 5.91. The predicted octanol–water partition coefficient (Wildman–Crippen LogP) is 3.34. The quantitative estimate of drug-likeness (QED) is 0.326. The van der Waals surface area contributed by atoms with Crippen LogP contribution in [0.3, 0.4) is 0 Å². The molecule has 1 aliphatic rings. The SMILES string of the molecule is CC(C)(C)OC(=O)N[C@]1(C(N)=O)CCN(c2cc(Cl)cc(Br)c2Cn2cnc3c(NC(=O)O)ncnc32)C1. The van der Waals surface area contributed by atoms with Crippen LogP contribution >= 0.6 is 27.5 Å². The Kier molecular flexibility index (Phi) is 7.39. The molecule has 3 heterocycles. The maximum Gasteiger partial charge on any atom is 0.410 e. The number of rotatable bonds is 6. The van der Waals surface area contributed by atoms with E-state index in [4.69, 9.17) is 27.2 Å². The lowest BCUT2D eigenvalue weighted by Gasteiger charge is -2.30. The number of halogens is 2. The highest BCUT2D eigenvalue weighted by Crippen LogP contribution is 2.37. The van der Waals surface area contributed by atoms with Gasteiger partial charge in [-0.15, -0.1) is 0 Å². The number of primary amides is 1. The van der Waals surface area contributed by atoms with Crippen molar-refractivity contribution in [1.29, 1.82) is 0 Å². The van der Waals surface area contributed by atoms with Crippen LogP contribution in [0, 0.1) is 0 Å². The van der Waals surface area contributed by atoms with Gasteiger partial charge in [0.2, 0.25) is 5.91 Å². The Morgan fingerprint density at radius 1 is 1.26 bits per heavy atom. The van der Waals surface area contributed by atoms with Gasteiger partial charge < -0.3 is 30.4 Å². The maximum atomic E-state index is 12.5. The monoisotopic (exact) mass is 608 g/mol. The lowest BCUT2D eigenvalue weighted by atomic mass is 9.98. The van der Waals surface area contributed by atoms with E-state index in [9.17, 15) is 14.4 Å². The van der Waals surface area contributed by atoms with Crippen molar-refractivity contribution in [3.05, 3.63) is 39.8 Å².